The van der Waals surface area contributed by atoms with E-state index in [1.54, 1.807) is 17.9 Å². The second-order valence-electron chi connectivity index (χ2n) is 4.39. The predicted molar refractivity (Wildman–Crippen MR) is 69.8 cm³/mol. The van der Waals surface area contributed by atoms with Gasteiger partial charge in [-0.2, -0.15) is 5.10 Å². The first-order valence-electron chi connectivity index (χ1n) is 6.17. The molecule has 110 valence electrons. The largest absolute Gasteiger partial charge is 0.481 e. The summed E-state index contributed by atoms with van der Waals surface area (Å²) >= 11 is 0. The van der Waals surface area contributed by atoms with Gasteiger partial charge in [-0.05, 0) is 13.3 Å². The van der Waals surface area contributed by atoms with Crippen molar-refractivity contribution in [2.24, 2.45) is 7.05 Å². The van der Waals surface area contributed by atoms with Crippen molar-refractivity contribution in [2.75, 3.05) is 0 Å². The molecule has 0 fully saturated rings. The summed E-state index contributed by atoms with van der Waals surface area (Å²) in [5.41, 5.74) is 1.67. The fraction of sp³-hybridized carbons (Fsp3) is 0.500. The summed E-state index contributed by atoms with van der Waals surface area (Å²) in [6.07, 6.45) is 1.90. The lowest BCUT2D eigenvalue weighted by Gasteiger charge is -2.05. The fourth-order valence-electron chi connectivity index (χ4n) is 1.63. The first kappa shape index (κ1) is 15.7. The number of aliphatic carboxylic acids is 1. The van der Waals surface area contributed by atoms with E-state index in [1.165, 1.54) is 0 Å². The molecule has 1 aromatic rings. The number of hydrogen-bond acceptors (Lipinski definition) is 4. The van der Waals surface area contributed by atoms with Crippen LogP contribution in [0.15, 0.2) is 6.20 Å². The van der Waals surface area contributed by atoms with Gasteiger partial charge in [-0.25, -0.2) is 4.79 Å². The molecule has 8 nitrogen and oxygen atoms in total. The Kier molecular flexibility index (Phi) is 5.70. The molecular formula is C12H18N4O4. The van der Waals surface area contributed by atoms with Gasteiger partial charge in [0.15, 0.2) is 0 Å². The summed E-state index contributed by atoms with van der Waals surface area (Å²) in [7, 11) is 1.78. The Morgan fingerprint density at radius 3 is 2.60 bits per heavy atom. The highest BCUT2D eigenvalue weighted by Gasteiger charge is 2.09. The number of hydrogen-bond donors (Lipinski definition) is 3. The van der Waals surface area contributed by atoms with Gasteiger partial charge in [-0.1, -0.05) is 0 Å². The van der Waals surface area contributed by atoms with Crippen LogP contribution in [-0.4, -0.2) is 32.8 Å². The molecule has 0 radical (unpaired) electrons. The van der Waals surface area contributed by atoms with Crippen LogP contribution in [0.2, 0.25) is 0 Å². The zero-order valence-corrected chi connectivity index (χ0v) is 11.5. The van der Waals surface area contributed by atoms with Crippen LogP contribution in [0.25, 0.3) is 0 Å². The normalized spacial score (nSPS) is 10.1. The van der Waals surface area contributed by atoms with Crippen LogP contribution in [-0.2, 0) is 23.2 Å². The third-order valence-corrected chi connectivity index (χ3v) is 2.60. The monoisotopic (exact) mass is 282 g/mol. The zero-order valence-electron chi connectivity index (χ0n) is 11.5. The number of rotatable bonds is 6. The van der Waals surface area contributed by atoms with Gasteiger partial charge in [0.2, 0.25) is 5.91 Å². The van der Waals surface area contributed by atoms with E-state index in [-0.39, 0.29) is 25.8 Å². The number of carbonyl (C=O) groups excluding carboxylic acids is 2. The predicted octanol–water partition coefficient (Wildman–Crippen LogP) is 0.309. The number of carboxylic acids is 1. The van der Waals surface area contributed by atoms with Crippen molar-refractivity contribution in [2.45, 2.75) is 32.7 Å². The van der Waals surface area contributed by atoms with Gasteiger partial charge in [0.05, 0.1) is 5.69 Å². The number of carboxylic acid groups (broad SMARTS) is 1. The van der Waals surface area contributed by atoms with Crippen LogP contribution in [0.1, 0.15) is 30.5 Å². The number of imide groups is 1. The topological polar surface area (TPSA) is 113 Å². The average Bonchev–Trinajstić information content (AvgIpc) is 2.64. The molecule has 0 spiro atoms. The van der Waals surface area contributed by atoms with Crippen molar-refractivity contribution < 1.29 is 19.5 Å². The Labute approximate surface area is 116 Å². The lowest BCUT2D eigenvalue weighted by Crippen LogP contribution is -2.39. The maximum atomic E-state index is 11.5. The Hall–Kier alpha value is -2.38. The average molecular weight is 282 g/mol. The van der Waals surface area contributed by atoms with Gasteiger partial charge in [0, 0.05) is 38.2 Å². The van der Waals surface area contributed by atoms with E-state index in [4.69, 9.17) is 5.11 Å². The van der Waals surface area contributed by atoms with Crippen molar-refractivity contribution in [3.63, 3.8) is 0 Å². The van der Waals surface area contributed by atoms with Crippen molar-refractivity contribution in [1.82, 2.24) is 20.4 Å². The van der Waals surface area contributed by atoms with Crippen LogP contribution in [0.3, 0.4) is 0 Å². The second-order valence-corrected chi connectivity index (χ2v) is 4.39. The van der Waals surface area contributed by atoms with Crippen molar-refractivity contribution in [3.05, 3.63) is 17.5 Å². The Bertz CT molecular complexity index is 510. The highest BCUT2D eigenvalue weighted by Crippen LogP contribution is 2.03. The van der Waals surface area contributed by atoms with Crippen molar-refractivity contribution >= 4 is 17.9 Å². The number of aryl methyl sites for hydroxylation is 2. The molecule has 0 bridgehead atoms. The van der Waals surface area contributed by atoms with E-state index in [0.29, 0.717) is 0 Å². The third-order valence-electron chi connectivity index (χ3n) is 2.60. The van der Waals surface area contributed by atoms with E-state index >= 15 is 0 Å². The molecule has 0 aromatic carbocycles. The second kappa shape index (κ2) is 7.27. The number of carbonyl (C=O) groups is 3. The molecule has 0 aliphatic rings. The molecular weight excluding hydrogens is 264 g/mol. The molecule has 0 atom stereocenters. The summed E-state index contributed by atoms with van der Waals surface area (Å²) in [4.78, 5) is 33.1. The molecule has 3 N–H and O–H groups in total. The molecule has 0 aliphatic heterocycles. The highest BCUT2D eigenvalue weighted by atomic mass is 16.4. The van der Waals surface area contributed by atoms with Gasteiger partial charge in [-0.15, -0.1) is 0 Å². The number of nitrogens with zero attached hydrogens (tertiary/aromatic N) is 2. The molecule has 8 heteroatoms. The summed E-state index contributed by atoms with van der Waals surface area (Å²) in [6.45, 7) is 2.10. The lowest BCUT2D eigenvalue weighted by atomic mass is 10.2. The molecule has 3 amide bonds. The summed E-state index contributed by atoms with van der Waals surface area (Å²) in [5, 5.41) is 17.2. The maximum absolute atomic E-state index is 11.5. The molecule has 20 heavy (non-hydrogen) atoms. The van der Waals surface area contributed by atoms with Crippen LogP contribution in [0.4, 0.5) is 4.79 Å². The number of nitrogens with one attached hydrogen (secondary N) is 2. The Morgan fingerprint density at radius 2 is 2.05 bits per heavy atom. The van der Waals surface area contributed by atoms with Crippen LogP contribution in [0.5, 0.6) is 0 Å². The minimum absolute atomic E-state index is 0.00560. The van der Waals surface area contributed by atoms with E-state index in [0.717, 1.165) is 11.3 Å². The first-order chi connectivity index (χ1) is 9.38. The zero-order chi connectivity index (χ0) is 15.1. The fourth-order valence-corrected chi connectivity index (χ4v) is 1.63. The molecule has 1 heterocycles. The molecule has 0 aliphatic carbocycles. The van der Waals surface area contributed by atoms with Crippen LogP contribution >= 0.6 is 0 Å². The highest BCUT2D eigenvalue weighted by molar-refractivity contribution is 5.94. The minimum Gasteiger partial charge on any atom is -0.481 e. The van der Waals surface area contributed by atoms with Crippen molar-refractivity contribution in [1.29, 1.82) is 0 Å². The van der Waals surface area contributed by atoms with Gasteiger partial charge in [0.25, 0.3) is 0 Å². The molecule has 1 rings (SSSR count). The van der Waals surface area contributed by atoms with E-state index in [9.17, 15) is 14.4 Å². The van der Waals surface area contributed by atoms with Gasteiger partial charge in [-0.3, -0.25) is 19.6 Å². The quantitative estimate of drug-likeness (QED) is 0.695. The van der Waals surface area contributed by atoms with Crippen LogP contribution in [0, 0.1) is 6.92 Å². The molecule has 0 saturated carbocycles. The molecule has 1 aromatic heterocycles. The van der Waals surface area contributed by atoms with Gasteiger partial charge < -0.3 is 10.4 Å². The number of amides is 3. The molecule has 0 unspecified atom stereocenters. The number of urea groups is 1. The SMILES string of the molecule is Cc1nn(C)cc1CNC(=O)NC(=O)CCCC(=O)O. The minimum atomic E-state index is -0.964. The summed E-state index contributed by atoms with van der Waals surface area (Å²) < 4.78 is 1.64. The Morgan fingerprint density at radius 1 is 1.35 bits per heavy atom. The number of aromatic nitrogens is 2. The maximum Gasteiger partial charge on any atom is 0.321 e. The van der Waals surface area contributed by atoms with E-state index < -0.39 is 17.9 Å². The smallest absolute Gasteiger partial charge is 0.321 e. The van der Waals surface area contributed by atoms with Crippen molar-refractivity contribution in [3.8, 4) is 0 Å². The first-order valence-corrected chi connectivity index (χ1v) is 6.17. The van der Waals surface area contributed by atoms with Gasteiger partial charge in [0.1, 0.15) is 0 Å². The van der Waals surface area contributed by atoms with Gasteiger partial charge >= 0.3 is 12.0 Å². The lowest BCUT2D eigenvalue weighted by molar-refractivity contribution is -0.137. The third kappa shape index (κ3) is 5.51. The van der Waals surface area contributed by atoms with E-state index in [1.807, 2.05) is 6.92 Å². The van der Waals surface area contributed by atoms with Crippen LogP contribution < -0.4 is 10.6 Å². The standard InChI is InChI=1S/C12H18N4O4/c1-8-9(7-16(2)15-8)6-13-12(20)14-10(17)4-3-5-11(18)19/h7H,3-6H2,1-2H3,(H,18,19)(H2,13,14,17,20). The van der Waals surface area contributed by atoms with E-state index in [2.05, 4.69) is 15.7 Å². The summed E-state index contributed by atoms with van der Waals surface area (Å²) in [5.74, 6) is -1.46. The Balaban J connectivity index is 2.28. The molecule has 0 saturated heterocycles. The summed E-state index contributed by atoms with van der Waals surface area (Å²) in [6, 6.07) is -0.603.